The van der Waals surface area contributed by atoms with E-state index in [2.05, 4.69) is 0 Å². The Kier molecular flexibility index (Phi) is 1.95. The van der Waals surface area contributed by atoms with Gasteiger partial charge in [0.15, 0.2) is 0 Å². The molecular weight excluding hydrogens is 128 g/mol. The first-order chi connectivity index (χ1) is 4.61. The van der Waals surface area contributed by atoms with Gasteiger partial charge in [-0.2, -0.15) is 0 Å². The highest BCUT2D eigenvalue weighted by molar-refractivity contribution is 6.13. The van der Waals surface area contributed by atoms with E-state index in [1.807, 2.05) is 0 Å². The molecule has 1 aliphatic rings. The van der Waals surface area contributed by atoms with Crippen LogP contribution in [0.3, 0.4) is 0 Å². The molecule has 0 aromatic rings. The molecule has 3 heteroatoms. The van der Waals surface area contributed by atoms with Crippen LogP contribution in [0.2, 0.25) is 5.82 Å². The molecular formula is C7H9BFN. The van der Waals surface area contributed by atoms with Gasteiger partial charge in [0.1, 0.15) is 5.83 Å². The minimum Gasteiger partial charge on any atom is -0.324 e. The molecule has 2 N–H and O–H groups in total. The van der Waals surface area contributed by atoms with E-state index in [9.17, 15) is 4.39 Å². The summed E-state index contributed by atoms with van der Waals surface area (Å²) in [6.45, 7) is 1.68. The van der Waals surface area contributed by atoms with E-state index in [0.717, 1.165) is 0 Å². The van der Waals surface area contributed by atoms with Crippen molar-refractivity contribution in [2.45, 2.75) is 18.8 Å². The van der Waals surface area contributed by atoms with E-state index in [0.29, 0.717) is 5.57 Å². The van der Waals surface area contributed by atoms with Crippen molar-refractivity contribution in [2.24, 2.45) is 5.73 Å². The summed E-state index contributed by atoms with van der Waals surface area (Å²) in [6, 6.07) is -0.372. The van der Waals surface area contributed by atoms with Gasteiger partial charge in [0, 0.05) is 6.04 Å². The molecule has 2 atom stereocenters. The molecule has 0 aromatic carbocycles. The molecule has 2 unspecified atom stereocenters. The molecule has 0 saturated carbocycles. The summed E-state index contributed by atoms with van der Waals surface area (Å²) in [4.78, 5) is 0. The maximum Gasteiger partial charge on any atom is 0.123 e. The number of allylic oxidation sites excluding steroid dienone is 2. The molecule has 2 radical (unpaired) electrons. The van der Waals surface area contributed by atoms with E-state index in [1.54, 1.807) is 13.0 Å². The lowest BCUT2D eigenvalue weighted by Crippen LogP contribution is -2.25. The van der Waals surface area contributed by atoms with Gasteiger partial charge in [-0.3, -0.25) is 0 Å². The standard InChI is InChI=1S/C7H9BFN/c1-4-2-5(8)7(10)3-6(4)9/h2-3,5,7H,10H2,1H3. The summed E-state index contributed by atoms with van der Waals surface area (Å²) in [5, 5.41) is 0. The van der Waals surface area contributed by atoms with Crippen molar-refractivity contribution in [3.63, 3.8) is 0 Å². The second kappa shape index (κ2) is 2.58. The van der Waals surface area contributed by atoms with Crippen LogP contribution in [0.4, 0.5) is 4.39 Å². The Balaban J connectivity index is 2.83. The van der Waals surface area contributed by atoms with Crippen LogP contribution in [0.25, 0.3) is 0 Å². The third-order valence-electron chi connectivity index (χ3n) is 1.60. The molecule has 0 heterocycles. The number of halogens is 1. The van der Waals surface area contributed by atoms with Crippen molar-refractivity contribution in [3.05, 3.63) is 23.6 Å². The van der Waals surface area contributed by atoms with Crippen molar-refractivity contribution in [1.82, 2.24) is 0 Å². The quantitative estimate of drug-likeness (QED) is 0.496. The highest BCUT2D eigenvalue weighted by Gasteiger charge is 2.15. The second-order valence-electron chi connectivity index (χ2n) is 2.52. The van der Waals surface area contributed by atoms with E-state index >= 15 is 0 Å². The molecule has 52 valence electrons. The third kappa shape index (κ3) is 1.29. The highest BCUT2D eigenvalue weighted by atomic mass is 19.1. The summed E-state index contributed by atoms with van der Waals surface area (Å²) in [7, 11) is 5.52. The largest absolute Gasteiger partial charge is 0.324 e. The predicted octanol–water partition coefficient (Wildman–Crippen LogP) is 1.08. The molecule has 1 rings (SSSR count). The van der Waals surface area contributed by atoms with Gasteiger partial charge in [-0.25, -0.2) is 4.39 Å². The van der Waals surface area contributed by atoms with E-state index in [-0.39, 0.29) is 17.7 Å². The maximum atomic E-state index is 12.7. The summed E-state index contributed by atoms with van der Waals surface area (Å²) in [5.74, 6) is -0.492. The molecule has 1 nitrogen and oxygen atoms in total. The summed E-state index contributed by atoms with van der Waals surface area (Å²) < 4.78 is 12.7. The van der Waals surface area contributed by atoms with Crippen LogP contribution in [0.1, 0.15) is 6.92 Å². The Morgan fingerprint density at radius 2 is 2.20 bits per heavy atom. The molecule has 0 bridgehead atoms. The van der Waals surface area contributed by atoms with Crippen molar-refractivity contribution in [3.8, 4) is 0 Å². The van der Waals surface area contributed by atoms with Gasteiger partial charge >= 0.3 is 0 Å². The SMILES string of the molecule is [B]C1C=C(C)C(F)=CC1N. The van der Waals surface area contributed by atoms with E-state index < -0.39 is 0 Å². The second-order valence-corrected chi connectivity index (χ2v) is 2.52. The molecule has 10 heavy (non-hydrogen) atoms. The van der Waals surface area contributed by atoms with Gasteiger partial charge < -0.3 is 5.73 Å². The Hall–Kier alpha value is -0.565. The lowest BCUT2D eigenvalue weighted by atomic mass is 9.77. The predicted molar refractivity (Wildman–Crippen MR) is 40.4 cm³/mol. The fourth-order valence-corrected chi connectivity index (χ4v) is 0.891. The first-order valence-electron chi connectivity index (χ1n) is 3.18. The maximum absolute atomic E-state index is 12.7. The van der Waals surface area contributed by atoms with Crippen molar-refractivity contribution in [1.29, 1.82) is 0 Å². The number of hydrogen-bond donors (Lipinski definition) is 1. The van der Waals surface area contributed by atoms with Gasteiger partial charge in [0.2, 0.25) is 0 Å². The first kappa shape index (κ1) is 7.54. The minimum atomic E-state index is -0.372. The van der Waals surface area contributed by atoms with Crippen LogP contribution in [0, 0.1) is 0 Å². The van der Waals surface area contributed by atoms with Crippen LogP contribution in [-0.2, 0) is 0 Å². The van der Waals surface area contributed by atoms with Crippen LogP contribution < -0.4 is 5.73 Å². The molecule has 0 amide bonds. The fourth-order valence-electron chi connectivity index (χ4n) is 0.891. The molecule has 0 fully saturated rings. The van der Waals surface area contributed by atoms with Gasteiger partial charge in [-0.15, -0.1) is 0 Å². The van der Waals surface area contributed by atoms with Crippen LogP contribution >= 0.6 is 0 Å². The lowest BCUT2D eigenvalue weighted by molar-refractivity contribution is 0.621. The zero-order valence-electron chi connectivity index (χ0n) is 5.84. The Morgan fingerprint density at radius 1 is 1.60 bits per heavy atom. The van der Waals surface area contributed by atoms with Crippen LogP contribution in [0.5, 0.6) is 0 Å². The number of nitrogens with two attached hydrogens (primary N) is 1. The zero-order valence-corrected chi connectivity index (χ0v) is 5.84. The van der Waals surface area contributed by atoms with Gasteiger partial charge in [-0.1, -0.05) is 6.08 Å². The Labute approximate surface area is 61.2 Å². The third-order valence-corrected chi connectivity index (χ3v) is 1.60. The van der Waals surface area contributed by atoms with E-state index in [4.69, 9.17) is 13.6 Å². The van der Waals surface area contributed by atoms with Crippen molar-refractivity contribution < 1.29 is 4.39 Å². The number of rotatable bonds is 0. The molecule has 0 saturated heterocycles. The van der Waals surface area contributed by atoms with Crippen LogP contribution in [-0.4, -0.2) is 13.9 Å². The minimum absolute atomic E-state index is 0.237. The summed E-state index contributed by atoms with van der Waals surface area (Å²) >= 11 is 0. The molecule has 1 aliphatic carbocycles. The smallest absolute Gasteiger partial charge is 0.123 e. The topological polar surface area (TPSA) is 26.0 Å². The number of hydrogen-bond acceptors (Lipinski definition) is 1. The van der Waals surface area contributed by atoms with Crippen LogP contribution in [0.15, 0.2) is 23.6 Å². The molecule has 0 aromatic heterocycles. The zero-order chi connectivity index (χ0) is 7.72. The monoisotopic (exact) mass is 137 g/mol. The Bertz CT molecular complexity index is 176. The van der Waals surface area contributed by atoms with Crippen molar-refractivity contribution >= 4 is 7.85 Å². The Morgan fingerprint density at radius 3 is 2.70 bits per heavy atom. The van der Waals surface area contributed by atoms with E-state index in [1.165, 1.54) is 6.08 Å². The summed E-state index contributed by atoms with van der Waals surface area (Å²) in [5.41, 5.74) is 6.02. The molecule has 0 spiro atoms. The normalized spacial score (nSPS) is 33.1. The highest BCUT2D eigenvalue weighted by Crippen LogP contribution is 2.23. The average Bonchev–Trinajstić information content (AvgIpc) is 1.84. The van der Waals surface area contributed by atoms with Gasteiger partial charge in [0.25, 0.3) is 0 Å². The average molecular weight is 137 g/mol. The first-order valence-corrected chi connectivity index (χ1v) is 3.18. The lowest BCUT2D eigenvalue weighted by Gasteiger charge is -2.18. The van der Waals surface area contributed by atoms with Crippen molar-refractivity contribution in [2.75, 3.05) is 0 Å². The molecule has 0 aliphatic heterocycles. The fraction of sp³-hybridized carbons (Fsp3) is 0.429. The summed E-state index contributed by atoms with van der Waals surface area (Å²) in [6.07, 6.45) is 2.99. The van der Waals surface area contributed by atoms with Gasteiger partial charge in [0.05, 0.1) is 7.85 Å². The van der Waals surface area contributed by atoms with Gasteiger partial charge in [-0.05, 0) is 24.4 Å².